The van der Waals surface area contributed by atoms with Crippen molar-refractivity contribution in [3.8, 4) is 11.3 Å². The first-order valence-corrected chi connectivity index (χ1v) is 12.5. The highest BCUT2D eigenvalue weighted by Crippen LogP contribution is 2.38. The zero-order chi connectivity index (χ0) is 21.9. The van der Waals surface area contributed by atoms with Gasteiger partial charge in [-0.15, -0.1) is 11.3 Å². The van der Waals surface area contributed by atoms with Gasteiger partial charge < -0.3 is 4.90 Å². The summed E-state index contributed by atoms with van der Waals surface area (Å²) in [6.45, 7) is 3.94. The maximum Gasteiger partial charge on any atom is 0.203 e. The predicted molar refractivity (Wildman–Crippen MR) is 144 cm³/mol. The molecule has 1 N–H and O–H groups in total. The van der Waals surface area contributed by atoms with Crippen LogP contribution in [-0.2, 0) is 6.54 Å². The summed E-state index contributed by atoms with van der Waals surface area (Å²) in [4.78, 5) is 7.17. The van der Waals surface area contributed by atoms with Crippen LogP contribution in [0.3, 0.4) is 0 Å². The Morgan fingerprint density at radius 3 is 2.75 bits per heavy atom. The van der Waals surface area contributed by atoms with Crippen LogP contribution in [0.15, 0.2) is 89.3 Å². The Balaban J connectivity index is 1.32. The minimum absolute atomic E-state index is 0.262. The molecule has 1 aliphatic heterocycles. The molecule has 4 aromatic rings. The second-order valence-corrected chi connectivity index (χ2v) is 9.99. The third-order valence-corrected chi connectivity index (χ3v) is 7.15. The number of nitrogens with one attached hydrogen (secondary N) is 1. The van der Waals surface area contributed by atoms with E-state index in [1.165, 1.54) is 20.4 Å². The van der Waals surface area contributed by atoms with E-state index < -0.39 is 0 Å². The molecule has 3 aromatic carbocycles. The molecule has 1 unspecified atom stereocenters. The van der Waals surface area contributed by atoms with Crippen molar-refractivity contribution in [1.82, 2.24) is 4.98 Å². The number of anilines is 2. The van der Waals surface area contributed by atoms with E-state index in [1.807, 2.05) is 0 Å². The van der Waals surface area contributed by atoms with Crippen LogP contribution in [-0.4, -0.2) is 17.2 Å². The molecule has 32 heavy (non-hydrogen) atoms. The van der Waals surface area contributed by atoms with E-state index in [-0.39, 0.29) is 5.92 Å². The first-order chi connectivity index (χ1) is 15.7. The van der Waals surface area contributed by atoms with E-state index in [0.29, 0.717) is 0 Å². The highest BCUT2D eigenvalue weighted by atomic mass is 127. The van der Waals surface area contributed by atoms with Gasteiger partial charge in [0.1, 0.15) is 0 Å². The largest absolute Gasteiger partial charge is 0.366 e. The first kappa shape index (κ1) is 21.2. The van der Waals surface area contributed by atoms with Crippen LogP contribution in [0, 0.1) is 3.57 Å². The van der Waals surface area contributed by atoms with Crippen molar-refractivity contribution in [3.05, 3.63) is 98.9 Å². The number of halogens is 1. The van der Waals surface area contributed by atoms with Gasteiger partial charge in [0.15, 0.2) is 0 Å². The first-order valence-electron chi connectivity index (χ1n) is 10.6. The van der Waals surface area contributed by atoms with Crippen molar-refractivity contribution in [3.63, 3.8) is 0 Å². The standard InChI is InChI=1S/C26H23IN4S/c1-18(29-30-26-28-24(17-32-26)20-10-7-11-21(27)14-20)23-16-31(15-19-8-3-2-4-9-19)25-13-6-5-12-22(23)25/h2-14,17,23H,15-16H2,1H3,(H,28,30)/b29-18+. The molecule has 0 saturated carbocycles. The molecule has 160 valence electrons. The molecule has 0 saturated heterocycles. The number of nitrogens with zero attached hydrogens (tertiary/aromatic N) is 3. The number of hydrogen-bond donors (Lipinski definition) is 1. The summed E-state index contributed by atoms with van der Waals surface area (Å²) >= 11 is 3.91. The zero-order valence-electron chi connectivity index (χ0n) is 17.7. The van der Waals surface area contributed by atoms with Gasteiger partial charge in [0.25, 0.3) is 0 Å². The molecule has 0 aliphatic carbocycles. The van der Waals surface area contributed by atoms with Gasteiger partial charge in [-0.3, -0.25) is 5.43 Å². The van der Waals surface area contributed by atoms with Gasteiger partial charge >= 0.3 is 0 Å². The molecule has 2 heterocycles. The second kappa shape index (κ2) is 9.42. The second-order valence-electron chi connectivity index (χ2n) is 7.89. The van der Waals surface area contributed by atoms with Gasteiger partial charge in [0, 0.05) is 44.9 Å². The van der Waals surface area contributed by atoms with Crippen molar-refractivity contribution in [2.24, 2.45) is 5.10 Å². The number of fused-ring (bicyclic) bond motifs is 1. The lowest BCUT2D eigenvalue weighted by Crippen LogP contribution is -2.23. The molecule has 0 radical (unpaired) electrons. The predicted octanol–water partition coefficient (Wildman–Crippen LogP) is 7.01. The molecule has 6 heteroatoms. The molecule has 1 atom stereocenters. The fourth-order valence-corrected chi connectivity index (χ4v) is 5.32. The number of para-hydroxylation sites is 1. The number of hydrazone groups is 1. The molecule has 5 rings (SSSR count). The third kappa shape index (κ3) is 4.56. The Bertz CT molecular complexity index is 1250. The Labute approximate surface area is 206 Å². The van der Waals surface area contributed by atoms with Crippen molar-refractivity contribution >= 4 is 50.5 Å². The van der Waals surface area contributed by atoms with Crippen molar-refractivity contribution in [2.75, 3.05) is 16.9 Å². The lowest BCUT2D eigenvalue weighted by atomic mass is 9.97. The Morgan fingerprint density at radius 2 is 1.91 bits per heavy atom. The molecule has 1 aromatic heterocycles. The lowest BCUT2D eigenvalue weighted by Gasteiger charge is -2.20. The summed E-state index contributed by atoms with van der Waals surface area (Å²) in [6.07, 6.45) is 0. The number of rotatable bonds is 6. The number of thiazole rings is 1. The summed E-state index contributed by atoms with van der Waals surface area (Å²) in [5.74, 6) is 0.262. The van der Waals surface area contributed by atoms with Crippen LogP contribution in [0.5, 0.6) is 0 Å². The molecule has 0 amide bonds. The van der Waals surface area contributed by atoms with Gasteiger partial charge in [-0.05, 0) is 58.8 Å². The molecule has 0 spiro atoms. The highest BCUT2D eigenvalue weighted by molar-refractivity contribution is 14.1. The molecule has 1 aliphatic rings. The van der Waals surface area contributed by atoms with Crippen LogP contribution in [0.2, 0.25) is 0 Å². The van der Waals surface area contributed by atoms with E-state index >= 15 is 0 Å². The minimum atomic E-state index is 0.262. The van der Waals surface area contributed by atoms with Gasteiger partial charge in [0.05, 0.1) is 5.69 Å². The Kier molecular flexibility index (Phi) is 6.23. The quantitative estimate of drug-likeness (QED) is 0.160. The highest BCUT2D eigenvalue weighted by Gasteiger charge is 2.30. The third-order valence-electron chi connectivity index (χ3n) is 5.73. The van der Waals surface area contributed by atoms with Gasteiger partial charge in [0.2, 0.25) is 5.13 Å². The fraction of sp³-hybridized carbons (Fsp3) is 0.154. The normalized spacial score (nSPS) is 15.6. The Hall–Kier alpha value is -2.71. The molecular formula is C26H23IN4S. The van der Waals surface area contributed by atoms with E-state index in [2.05, 4.69) is 124 Å². The van der Waals surface area contributed by atoms with Crippen molar-refractivity contribution < 1.29 is 0 Å². The van der Waals surface area contributed by atoms with Crippen LogP contribution in [0.1, 0.15) is 24.0 Å². The van der Waals surface area contributed by atoms with Crippen molar-refractivity contribution in [2.45, 2.75) is 19.4 Å². The molecular weight excluding hydrogens is 527 g/mol. The minimum Gasteiger partial charge on any atom is -0.366 e. The lowest BCUT2D eigenvalue weighted by molar-refractivity contribution is 0.805. The topological polar surface area (TPSA) is 40.5 Å². The zero-order valence-corrected chi connectivity index (χ0v) is 20.7. The van der Waals surface area contributed by atoms with Gasteiger partial charge in [-0.1, -0.05) is 60.7 Å². The molecule has 0 fully saturated rings. The summed E-state index contributed by atoms with van der Waals surface area (Å²) < 4.78 is 1.21. The monoisotopic (exact) mass is 550 g/mol. The summed E-state index contributed by atoms with van der Waals surface area (Å²) in [7, 11) is 0. The average molecular weight is 550 g/mol. The molecule has 0 bridgehead atoms. The summed E-state index contributed by atoms with van der Waals surface area (Å²) in [5.41, 5.74) is 10.3. The number of hydrogen-bond acceptors (Lipinski definition) is 5. The van der Waals surface area contributed by atoms with E-state index in [9.17, 15) is 0 Å². The average Bonchev–Trinajstić information content (AvgIpc) is 3.44. The molecule has 4 nitrogen and oxygen atoms in total. The van der Waals surface area contributed by atoms with E-state index in [0.717, 1.165) is 35.2 Å². The maximum atomic E-state index is 4.73. The van der Waals surface area contributed by atoms with E-state index in [1.54, 1.807) is 11.3 Å². The number of aromatic nitrogens is 1. The fourth-order valence-electron chi connectivity index (χ4n) is 4.12. The van der Waals surface area contributed by atoms with Crippen LogP contribution < -0.4 is 10.3 Å². The van der Waals surface area contributed by atoms with Gasteiger partial charge in [-0.2, -0.15) is 5.10 Å². The van der Waals surface area contributed by atoms with Crippen LogP contribution >= 0.6 is 33.9 Å². The summed E-state index contributed by atoms with van der Waals surface area (Å²) in [6, 6.07) is 27.7. The van der Waals surface area contributed by atoms with Crippen LogP contribution in [0.4, 0.5) is 10.8 Å². The number of benzene rings is 3. The maximum absolute atomic E-state index is 4.73. The van der Waals surface area contributed by atoms with Crippen molar-refractivity contribution in [1.29, 1.82) is 0 Å². The van der Waals surface area contributed by atoms with Crippen LogP contribution in [0.25, 0.3) is 11.3 Å². The smallest absolute Gasteiger partial charge is 0.203 e. The Morgan fingerprint density at radius 1 is 1.09 bits per heavy atom. The SMILES string of the molecule is C/C(=N\Nc1nc(-c2cccc(I)c2)cs1)C1CN(Cc2ccccc2)c2ccccc21. The summed E-state index contributed by atoms with van der Waals surface area (Å²) in [5, 5.41) is 7.61. The van der Waals surface area contributed by atoms with Gasteiger partial charge in [-0.25, -0.2) is 4.98 Å². The van der Waals surface area contributed by atoms with E-state index in [4.69, 9.17) is 10.1 Å².